The third kappa shape index (κ3) is 3.10. The molecule has 0 aromatic heterocycles. The quantitative estimate of drug-likeness (QED) is 0.831. The Balaban J connectivity index is 2.05. The van der Waals surface area contributed by atoms with Gasteiger partial charge in [-0.1, -0.05) is 56.5 Å². The molecule has 0 spiro atoms. The van der Waals surface area contributed by atoms with Crippen molar-refractivity contribution in [2.75, 3.05) is 7.05 Å². The van der Waals surface area contributed by atoms with Crippen molar-refractivity contribution >= 4 is 0 Å². The van der Waals surface area contributed by atoms with Gasteiger partial charge in [-0.25, -0.2) is 0 Å². The molecule has 1 aromatic rings. The number of likely N-dealkylation sites (N-methyl/N-ethyl adjacent to an activating group) is 1. The molecular formula is C16H25N. The van der Waals surface area contributed by atoms with E-state index in [-0.39, 0.29) is 0 Å². The fourth-order valence-corrected chi connectivity index (χ4v) is 3.25. The predicted molar refractivity (Wildman–Crippen MR) is 74.2 cm³/mol. The standard InChI is InChI=1S/C16H25N/c1-16(11-7-4-8-12-16)15(17-2)13-14-9-5-3-6-10-14/h3,5-6,9-10,15,17H,4,7-8,11-13H2,1-2H3. The first-order valence-corrected chi connectivity index (χ1v) is 6.96. The lowest BCUT2D eigenvalue weighted by Crippen LogP contribution is -2.44. The minimum absolute atomic E-state index is 0.489. The summed E-state index contributed by atoms with van der Waals surface area (Å²) >= 11 is 0. The molecule has 1 aromatic carbocycles. The second-order valence-electron chi connectivity index (χ2n) is 5.75. The highest BCUT2D eigenvalue weighted by Crippen LogP contribution is 2.39. The van der Waals surface area contributed by atoms with Gasteiger partial charge in [0.15, 0.2) is 0 Å². The van der Waals surface area contributed by atoms with Crippen LogP contribution in [0.5, 0.6) is 0 Å². The highest BCUT2D eigenvalue weighted by Gasteiger charge is 2.34. The molecule has 1 N–H and O–H groups in total. The molecule has 1 unspecified atom stereocenters. The first-order chi connectivity index (χ1) is 8.24. The Bertz CT molecular complexity index is 325. The molecule has 1 nitrogen and oxygen atoms in total. The average molecular weight is 231 g/mol. The number of benzene rings is 1. The smallest absolute Gasteiger partial charge is 0.0158 e. The fraction of sp³-hybridized carbons (Fsp3) is 0.625. The first-order valence-electron chi connectivity index (χ1n) is 6.96. The van der Waals surface area contributed by atoms with E-state index in [1.165, 1.54) is 37.7 Å². The van der Waals surface area contributed by atoms with E-state index in [2.05, 4.69) is 49.6 Å². The van der Waals surface area contributed by atoms with Crippen molar-refractivity contribution in [3.8, 4) is 0 Å². The maximum absolute atomic E-state index is 3.56. The molecule has 0 amide bonds. The van der Waals surface area contributed by atoms with Gasteiger partial charge in [0.05, 0.1) is 0 Å². The maximum Gasteiger partial charge on any atom is 0.0158 e. The van der Waals surface area contributed by atoms with Gasteiger partial charge in [-0.2, -0.15) is 0 Å². The van der Waals surface area contributed by atoms with Crippen LogP contribution in [0.25, 0.3) is 0 Å². The summed E-state index contributed by atoms with van der Waals surface area (Å²) in [5.41, 5.74) is 1.95. The molecule has 0 heterocycles. The first kappa shape index (κ1) is 12.6. The molecule has 1 saturated carbocycles. The van der Waals surface area contributed by atoms with Crippen LogP contribution >= 0.6 is 0 Å². The van der Waals surface area contributed by atoms with Crippen molar-refractivity contribution in [3.63, 3.8) is 0 Å². The lowest BCUT2D eigenvalue weighted by Gasteiger charge is -2.41. The largest absolute Gasteiger partial charge is 0.316 e. The summed E-state index contributed by atoms with van der Waals surface area (Å²) in [4.78, 5) is 0. The van der Waals surface area contributed by atoms with Crippen LogP contribution in [0.2, 0.25) is 0 Å². The van der Waals surface area contributed by atoms with Crippen LogP contribution in [-0.2, 0) is 6.42 Å². The zero-order chi connectivity index (χ0) is 12.1. The van der Waals surface area contributed by atoms with Gasteiger partial charge in [0.25, 0.3) is 0 Å². The number of hydrogen-bond donors (Lipinski definition) is 1. The van der Waals surface area contributed by atoms with Crippen molar-refractivity contribution in [3.05, 3.63) is 35.9 Å². The van der Waals surface area contributed by atoms with Gasteiger partial charge in [-0.15, -0.1) is 0 Å². The maximum atomic E-state index is 3.56. The molecule has 0 bridgehead atoms. The Morgan fingerprint density at radius 1 is 1.12 bits per heavy atom. The van der Waals surface area contributed by atoms with Gasteiger partial charge in [-0.05, 0) is 37.3 Å². The summed E-state index contributed by atoms with van der Waals surface area (Å²) in [7, 11) is 2.12. The van der Waals surface area contributed by atoms with Crippen molar-refractivity contribution in [2.24, 2.45) is 5.41 Å². The zero-order valence-electron chi connectivity index (χ0n) is 11.2. The summed E-state index contributed by atoms with van der Waals surface area (Å²) in [5, 5.41) is 3.56. The molecule has 17 heavy (non-hydrogen) atoms. The van der Waals surface area contributed by atoms with E-state index in [0.29, 0.717) is 11.5 Å². The summed E-state index contributed by atoms with van der Waals surface area (Å²) in [5.74, 6) is 0. The van der Waals surface area contributed by atoms with Crippen molar-refractivity contribution in [1.82, 2.24) is 5.32 Å². The van der Waals surface area contributed by atoms with E-state index < -0.39 is 0 Å². The molecule has 1 heteroatoms. The molecule has 1 fully saturated rings. The molecule has 0 aliphatic heterocycles. The SMILES string of the molecule is CNC(Cc1ccccc1)C1(C)CCCCC1. The minimum atomic E-state index is 0.489. The highest BCUT2D eigenvalue weighted by molar-refractivity contribution is 5.16. The lowest BCUT2D eigenvalue weighted by molar-refractivity contribution is 0.149. The molecule has 1 aliphatic carbocycles. The van der Waals surface area contributed by atoms with Gasteiger partial charge in [0, 0.05) is 6.04 Å². The van der Waals surface area contributed by atoms with Crippen molar-refractivity contribution in [1.29, 1.82) is 0 Å². The zero-order valence-corrected chi connectivity index (χ0v) is 11.2. The lowest BCUT2D eigenvalue weighted by atomic mass is 9.69. The fourth-order valence-electron chi connectivity index (χ4n) is 3.25. The molecule has 1 atom stereocenters. The third-order valence-electron chi connectivity index (χ3n) is 4.47. The summed E-state index contributed by atoms with van der Waals surface area (Å²) < 4.78 is 0. The normalized spacial score (nSPS) is 21.1. The van der Waals surface area contributed by atoms with Crippen molar-refractivity contribution in [2.45, 2.75) is 51.5 Å². The molecule has 0 saturated heterocycles. The average Bonchev–Trinajstić information content (AvgIpc) is 2.38. The molecule has 0 radical (unpaired) electrons. The minimum Gasteiger partial charge on any atom is -0.316 e. The van der Waals surface area contributed by atoms with Gasteiger partial charge in [-0.3, -0.25) is 0 Å². The predicted octanol–water partition coefficient (Wildman–Crippen LogP) is 3.79. The topological polar surface area (TPSA) is 12.0 Å². The second-order valence-corrected chi connectivity index (χ2v) is 5.75. The van der Waals surface area contributed by atoms with Crippen molar-refractivity contribution < 1.29 is 0 Å². The third-order valence-corrected chi connectivity index (χ3v) is 4.47. The van der Waals surface area contributed by atoms with Crippen LogP contribution < -0.4 is 5.32 Å². The van der Waals surface area contributed by atoms with E-state index in [0.717, 1.165) is 6.42 Å². The Hall–Kier alpha value is -0.820. The molecular weight excluding hydrogens is 206 g/mol. The monoisotopic (exact) mass is 231 g/mol. The second kappa shape index (κ2) is 5.68. The van der Waals surface area contributed by atoms with E-state index in [9.17, 15) is 0 Å². The van der Waals surface area contributed by atoms with Gasteiger partial charge in [0.1, 0.15) is 0 Å². The molecule has 1 aliphatic rings. The Kier molecular flexibility index (Phi) is 4.22. The van der Waals surface area contributed by atoms with Crippen LogP contribution in [0.3, 0.4) is 0 Å². The van der Waals surface area contributed by atoms with Gasteiger partial charge in [0.2, 0.25) is 0 Å². The highest BCUT2D eigenvalue weighted by atomic mass is 14.9. The van der Waals surface area contributed by atoms with Crippen LogP contribution in [0, 0.1) is 5.41 Å². The van der Waals surface area contributed by atoms with Gasteiger partial charge < -0.3 is 5.32 Å². The summed E-state index contributed by atoms with van der Waals surface area (Å²) in [6.45, 7) is 2.47. The number of nitrogens with one attached hydrogen (secondary N) is 1. The summed E-state index contributed by atoms with van der Waals surface area (Å²) in [6, 6.07) is 11.5. The van der Waals surface area contributed by atoms with Gasteiger partial charge >= 0.3 is 0 Å². The van der Waals surface area contributed by atoms with Crippen LogP contribution in [0.4, 0.5) is 0 Å². The van der Waals surface area contributed by atoms with E-state index in [1.54, 1.807) is 0 Å². The molecule has 2 rings (SSSR count). The Morgan fingerprint density at radius 3 is 2.35 bits per heavy atom. The number of hydrogen-bond acceptors (Lipinski definition) is 1. The van der Waals surface area contributed by atoms with Crippen LogP contribution in [0.1, 0.15) is 44.6 Å². The van der Waals surface area contributed by atoms with Crippen LogP contribution in [-0.4, -0.2) is 13.1 Å². The van der Waals surface area contributed by atoms with E-state index in [1.807, 2.05) is 0 Å². The molecule has 94 valence electrons. The Labute approximate surface area is 106 Å². The van der Waals surface area contributed by atoms with E-state index >= 15 is 0 Å². The Morgan fingerprint density at radius 2 is 1.76 bits per heavy atom. The summed E-state index contributed by atoms with van der Waals surface area (Å²) in [6.07, 6.45) is 8.16. The van der Waals surface area contributed by atoms with Crippen LogP contribution in [0.15, 0.2) is 30.3 Å². The number of rotatable bonds is 4. The van der Waals surface area contributed by atoms with E-state index in [4.69, 9.17) is 0 Å².